The van der Waals surface area contributed by atoms with Crippen molar-refractivity contribution in [3.05, 3.63) is 65.8 Å². The predicted octanol–water partition coefficient (Wildman–Crippen LogP) is 2.75. The number of amides is 1. The van der Waals surface area contributed by atoms with Crippen molar-refractivity contribution >= 4 is 22.4 Å². The molecule has 0 aliphatic carbocycles. The molecule has 4 rings (SSSR count). The number of aromatic nitrogens is 2. The molecule has 1 saturated heterocycles. The second-order valence-electron chi connectivity index (χ2n) is 5.81. The van der Waals surface area contributed by atoms with Gasteiger partial charge in [-0.05, 0) is 24.1 Å². The summed E-state index contributed by atoms with van der Waals surface area (Å²) in [6.07, 6.45) is 4.17. The molecular weight excluding hydrogens is 334 g/mol. The average molecular weight is 351 g/mol. The highest BCUT2D eigenvalue weighted by atomic mass is 32.1. The molecule has 3 heterocycles. The van der Waals surface area contributed by atoms with E-state index in [-0.39, 0.29) is 18.0 Å². The number of hydrazine groups is 1. The summed E-state index contributed by atoms with van der Waals surface area (Å²) in [5.41, 5.74) is 9.17. The van der Waals surface area contributed by atoms with Crippen molar-refractivity contribution < 1.29 is 4.79 Å². The summed E-state index contributed by atoms with van der Waals surface area (Å²) in [6, 6.07) is 13.7. The number of nitrogens with one attached hydrogen (secondary N) is 3. The van der Waals surface area contributed by atoms with Crippen molar-refractivity contribution in [1.29, 1.82) is 0 Å². The maximum absolute atomic E-state index is 12.5. The largest absolute Gasteiger partial charge is 0.301 e. The summed E-state index contributed by atoms with van der Waals surface area (Å²) >= 11 is 1.41. The molecule has 1 aliphatic rings. The van der Waals surface area contributed by atoms with Crippen LogP contribution in [0.2, 0.25) is 0 Å². The lowest BCUT2D eigenvalue weighted by atomic mass is 10.0. The van der Waals surface area contributed by atoms with Gasteiger partial charge in [0, 0.05) is 29.4 Å². The molecule has 1 fully saturated rings. The summed E-state index contributed by atoms with van der Waals surface area (Å²) in [5, 5.41) is 5.40. The summed E-state index contributed by atoms with van der Waals surface area (Å²) in [5.74, 6) is -0.0852. The van der Waals surface area contributed by atoms with Crippen LogP contribution in [0.3, 0.4) is 0 Å². The van der Waals surface area contributed by atoms with Crippen LogP contribution in [0.15, 0.2) is 60.2 Å². The van der Waals surface area contributed by atoms with Gasteiger partial charge in [0.25, 0.3) is 0 Å². The Morgan fingerprint density at radius 3 is 2.84 bits per heavy atom. The van der Waals surface area contributed by atoms with Crippen molar-refractivity contribution in [3.8, 4) is 11.3 Å². The van der Waals surface area contributed by atoms with Crippen molar-refractivity contribution in [3.63, 3.8) is 0 Å². The number of hydrogen-bond donors (Lipinski definition) is 3. The number of thiazole rings is 1. The number of pyridine rings is 1. The van der Waals surface area contributed by atoms with Crippen LogP contribution in [0.25, 0.3) is 11.3 Å². The third-order valence-electron chi connectivity index (χ3n) is 4.11. The van der Waals surface area contributed by atoms with Crippen molar-refractivity contribution in [2.24, 2.45) is 0 Å². The molecule has 3 N–H and O–H groups in total. The first-order valence-corrected chi connectivity index (χ1v) is 8.90. The van der Waals surface area contributed by atoms with E-state index in [1.54, 1.807) is 12.4 Å². The van der Waals surface area contributed by atoms with E-state index in [0.29, 0.717) is 11.6 Å². The first-order valence-electron chi connectivity index (χ1n) is 8.02. The molecule has 1 aromatic carbocycles. The Hall–Kier alpha value is -2.61. The predicted molar refractivity (Wildman–Crippen MR) is 97.8 cm³/mol. The van der Waals surface area contributed by atoms with Gasteiger partial charge in [-0.25, -0.2) is 15.8 Å². The minimum absolute atomic E-state index is 0.0852. The molecule has 1 aliphatic heterocycles. The molecule has 0 radical (unpaired) electrons. The van der Waals surface area contributed by atoms with E-state index < -0.39 is 0 Å². The fourth-order valence-corrected chi connectivity index (χ4v) is 3.53. The lowest BCUT2D eigenvalue weighted by Crippen LogP contribution is -2.39. The van der Waals surface area contributed by atoms with Gasteiger partial charge in [-0.2, -0.15) is 0 Å². The van der Waals surface area contributed by atoms with E-state index in [2.05, 4.69) is 38.3 Å². The second kappa shape index (κ2) is 7.10. The van der Waals surface area contributed by atoms with Gasteiger partial charge in [-0.1, -0.05) is 30.3 Å². The van der Waals surface area contributed by atoms with Gasteiger partial charge in [0.1, 0.15) is 6.04 Å². The molecule has 126 valence electrons. The Bertz CT molecular complexity index is 852. The maximum atomic E-state index is 12.5. The van der Waals surface area contributed by atoms with Gasteiger partial charge in [-0.15, -0.1) is 11.3 Å². The molecular formula is C18H17N5OS. The average Bonchev–Trinajstić information content (AvgIpc) is 3.33. The zero-order valence-electron chi connectivity index (χ0n) is 13.3. The molecule has 0 saturated carbocycles. The van der Waals surface area contributed by atoms with Crippen molar-refractivity contribution in [2.75, 3.05) is 5.32 Å². The summed E-state index contributed by atoms with van der Waals surface area (Å²) in [6.45, 7) is 0. The Morgan fingerprint density at radius 1 is 1.16 bits per heavy atom. The number of rotatable bonds is 4. The topological polar surface area (TPSA) is 78.9 Å². The first kappa shape index (κ1) is 15.9. The van der Waals surface area contributed by atoms with Crippen LogP contribution in [0.1, 0.15) is 18.0 Å². The fraction of sp³-hybridized carbons (Fsp3) is 0.167. The van der Waals surface area contributed by atoms with E-state index >= 15 is 0 Å². The molecule has 6 nitrogen and oxygen atoms in total. The van der Waals surface area contributed by atoms with E-state index in [9.17, 15) is 4.79 Å². The smallest absolute Gasteiger partial charge is 0.244 e. The Balaban J connectivity index is 1.39. The van der Waals surface area contributed by atoms with Gasteiger partial charge >= 0.3 is 0 Å². The Labute approximate surface area is 149 Å². The third kappa shape index (κ3) is 3.58. The Morgan fingerprint density at radius 2 is 2.04 bits per heavy atom. The molecule has 25 heavy (non-hydrogen) atoms. The van der Waals surface area contributed by atoms with Gasteiger partial charge in [0.15, 0.2) is 5.13 Å². The van der Waals surface area contributed by atoms with Crippen LogP contribution < -0.4 is 16.2 Å². The van der Waals surface area contributed by atoms with Gasteiger partial charge in [0.05, 0.1) is 5.69 Å². The second-order valence-corrected chi connectivity index (χ2v) is 6.67. The quantitative estimate of drug-likeness (QED) is 0.674. The molecule has 3 aromatic rings. The van der Waals surface area contributed by atoms with Crippen LogP contribution in [0.4, 0.5) is 5.13 Å². The lowest BCUT2D eigenvalue weighted by Gasteiger charge is -2.09. The van der Waals surface area contributed by atoms with E-state index in [1.807, 2.05) is 35.7 Å². The van der Waals surface area contributed by atoms with Crippen LogP contribution in [-0.4, -0.2) is 21.9 Å². The molecule has 2 unspecified atom stereocenters. The summed E-state index contributed by atoms with van der Waals surface area (Å²) in [7, 11) is 0. The summed E-state index contributed by atoms with van der Waals surface area (Å²) in [4.78, 5) is 21.0. The SMILES string of the molecule is O=C(Nc1nc(-c2cccnc2)cs1)C1CC(c2ccccc2)NN1. The molecule has 0 spiro atoms. The van der Waals surface area contributed by atoms with Crippen LogP contribution in [0, 0.1) is 0 Å². The number of hydrogen-bond acceptors (Lipinski definition) is 6. The van der Waals surface area contributed by atoms with Gasteiger partial charge in [0.2, 0.25) is 5.91 Å². The lowest BCUT2D eigenvalue weighted by molar-refractivity contribution is -0.117. The van der Waals surface area contributed by atoms with E-state index in [1.165, 1.54) is 16.9 Å². The highest BCUT2D eigenvalue weighted by molar-refractivity contribution is 7.14. The first-order chi connectivity index (χ1) is 12.3. The monoisotopic (exact) mass is 351 g/mol. The van der Waals surface area contributed by atoms with E-state index in [4.69, 9.17) is 0 Å². The molecule has 7 heteroatoms. The number of benzene rings is 1. The normalized spacial score (nSPS) is 19.7. The molecule has 1 amide bonds. The van der Waals surface area contributed by atoms with E-state index in [0.717, 1.165) is 11.3 Å². The standard InChI is InChI=1S/C18H17N5OS/c24-17(15-9-14(22-23-15)12-5-2-1-3-6-12)21-18-20-16(11-25-18)13-7-4-8-19-10-13/h1-8,10-11,14-15,22-23H,9H2,(H,20,21,24). The third-order valence-corrected chi connectivity index (χ3v) is 4.87. The maximum Gasteiger partial charge on any atom is 0.244 e. The number of carbonyl (C=O) groups excluding carboxylic acids is 1. The fourth-order valence-electron chi connectivity index (χ4n) is 2.80. The zero-order chi connectivity index (χ0) is 17.1. The van der Waals surface area contributed by atoms with Crippen molar-refractivity contribution in [1.82, 2.24) is 20.8 Å². The molecule has 2 atom stereocenters. The zero-order valence-corrected chi connectivity index (χ0v) is 14.2. The number of carbonyl (C=O) groups is 1. The highest BCUT2D eigenvalue weighted by Crippen LogP contribution is 2.26. The number of anilines is 1. The van der Waals surface area contributed by atoms with Crippen LogP contribution >= 0.6 is 11.3 Å². The van der Waals surface area contributed by atoms with Crippen molar-refractivity contribution in [2.45, 2.75) is 18.5 Å². The van der Waals surface area contributed by atoms with Crippen LogP contribution in [-0.2, 0) is 4.79 Å². The van der Waals surface area contributed by atoms with Gasteiger partial charge < -0.3 is 5.32 Å². The molecule has 2 aromatic heterocycles. The number of nitrogens with zero attached hydrogens (tertiary/aromatic N) is 2. The Kier molecular flexibility index (Phi) is 4.51. The summed E-state index contributed by atoms with van der Waals surface area (Å²) < 4.78 is 0. The molecule has 0 bridgehead atoms. The minimum Gasteiger partial charge on any atom is -0.301 e. The van der Waals surface area contributed by atoms with Gasteiger partial charge in [-0.3, -0.25) is 9.78 Å². The minimum atomic E-state index is -0.295. The van der Waals surface area contributed by atoms with Crippen LogP contribution in [0.5, 0.6) is 0 Å². The highest BCUT2D eigenvalue weighted by Gasteiger charge is 2.30.